The first-order valence-corrected chi connectivity index (χ1v) is 4.96. The van der Waals surface area contributed by atoms with Crippen LogP contribution in [-0.4, -0.2) is 11.2 Å². The molecule has 1 fully saturated rings. The Kier molecular flexibility index (Phi) is 2.97. The van der Waals surface area contributed by atoms with Crippen LogP contribution >= 0.6 is 0 Å². The Labute approximate surface area is 81.2 Å². The van der Waals surface area contributed by atoms with E-state index in [1.54, 1.807) is 0 Å². The Hall–Kier alpha value is -0.560. The number of hydrogen-bond donors (Lipinski definition) is 1. The van der Waals surface area contributed by atoms with Gasteiger partial charge in [0.25, 0.3) is 0 Å². The van der Waals surface area contributed by atoms with Gasteiger partial charge in [-0.3, -0.25) is 0 Å². The molecule has 0 aromatic rings. The van der Waals surface area contributed by atoms with Crippen LogP contribution in [-0.2, 0) is 0 Å². The first kappa shape index (κ1) is 10.5. The summed E-state index contributed by atoms with van der Waals surface area (Å²) in [5, 5.41) is 9.51. The second-order valence-corrected chi connectivity index (χ2v) is 5.04. The molecule has 1 unspecified atom stereocenters. The molecule has 0 aromatic carbocycles. The van der Waals surface area contributed by atoms with Gasteiger partial charge in [-0.05, 0) is 30.3 Å². The molecule has 1 aliphatic rings. The first-order valence-electron chi connectivity index (χ1n) is 4.96. The van der Waals surface area contributed by atoms with E-state index in [2.05, 4.69) is 33.4 Å². The fourth-order valence-corrected chi connectivity index (χ4v) is 1.69. The molecular weight excluding hydrogens is 160 g/mol. The molecular formula is C12H20O. The van der Waals surface area contributed by atoms with Crippen molar-refractivity contribution < 1.29 is 5.11 Å². The molecule has 1 atom stereocenters. The molecule has 13 heavy (non-hydrogen) atoms. The maximum Gasteiger partial charge on any atom is 0.0583 e. The van der Waals surface area contributed by atoms with E-state index in [1.807, 2.05) is 0 Å². The van der Waals surface area contributed by atoms with Crippen molar-refractivity contribution in [1.29, 1.82) is 0 Å². The fourth-order valence-electron chi connectivity index (χ4n) is 1.69. The van der Waals surface area contributed by atoms with E-state index in [-0.39, 0.29) is 11.5 Å². The lowest BCUT2D eigenvalue weighted by Gasteiger charge is -2.25. The molecule has 74 valence electrons. The third kappa shape index (κ3) is 3.35. The number of rotatable bonds is 0. The second kappa shape index (κ2) is 3.67. The summed E-state index contributed by atoms with van der Waals surface area (Å²) in [7, 11) is 0. The minimum atomic E-state index is -0.154. The topological polar surface area (TPSA) is 20.2 Å². The summed E-state index contributed by atoms with van der Waals surface area (Å²) in [6, 6.07) is 0. The predicted octanol–water partition coefficient (Wildman–Crippen LogP) is 3.06. The molecule has 0 aliphatic heterocycles. The maximum atomic E-state index is 9.51. The highest BCUT2D eigenvalue weighted by Crippen LogP contribution is 2.31. The summed E-state index contributed by atoms with van der Waals surface area (Å²) in [5.41, 5.74) is 2.65. The lowest BCUT2D eigenvalue weighted by Crippen LogP contribution is -2.16. The molecule has 0 aromatic heterocycles. The summed E-state index contributed by atoms with van der Waals surface area (Å²) in [6.07, 6.45) is 4.69. The Morgan fingerprint density at radius 3 is 2.62 bits per heavy atom. The Bertz CT molecular complexity index is 230. The highest BCUT2D eigenvalue weighted by Gasteiger charge is 2.19. The van der Waals surface area contributed by atoms with Gasteiger partial charge in [0, 0.05) is 0 Å². The first-order chi connectivity index (χ1) is 5.88. The van der Waals surface area contributed by atoms with Gasteiger partial charge in [-0.1, -0.05) is 39.0 Å². The minimum absolute atomic E-state index is 0.154. The van der Waals surface area contributed by atoms with Gasteiger partial charge in [0.05, 0.1) is 6.10 Å². The van der Waals surface area contributed by atoms with Crippen LogP contribution in [0, 0.1) is 5.41 Å². The third-order valence-corrected chi connectivity index (χ3v) is 2.30. The summed E-state index contributed by atoms with van der Waals surface area (Å²) < 4.78 is 0. The van der Waals surface area contributed by atoms with Crippen LogP contribution in [0.2, 0.25) is 0 Å². The van der Waals surface area contributed by atoms with E-state index in [0.29, 0.717) is 0 Å². The molecule has 0 bridgehead atoms. The van der Waals surface area contributed by atoms with Crippen LogP contribution in [0.5, 0.6) is 0 Å². The van der Waals surface area contributed by atoms with E-state index < -0.39 is 0 Å². The van der Waals surface area contributed by atoms with Crippen molar-refractivity contribution in [3.63, 3.8) is 0 Å². The van der Waals surface area contributed by atoms with Gasteiger partial charge in [-0.25, -0.2) is 0 Å². The number of hydrogen-bond acceptors (Lipinski definition) is 1. The molecule has 0 amide bonds. The predicted molar refractivity (Wildman–Crippen MR) is 56.5 cm³/mol. The Balaban J connectivity index is 2.77. The average Bonchev–Trinajstić information content (AvgIpc) is 1.94. The lowest BCUT2D eigenvalue weighted by molar-refractivity contribution is 0.157. The quantitative estimate of drug-likeness (QED) is 0.607. The van der Waals surface area contributed by atoms with Crippen molar-refractivity contribution in [2.45, 2.75) is 46.1 Å². The van der Waals surface area contributed by atoms with Crippen LogP contribution < -0.4 is 0 Å². The highest BCUT2D eigenvalue weighted by atomic mass is 16.3. The molecule has 0 heterocycles. The van der Waals surface area contributed by atoms with Crippen LogP contribution in [0.15, 0.2) is 23.8 Å². The lowest BCUT2D eigenvalue weighted by atomic mass is 9.83. The summed E-state index contributed by atoms with van der Waals surface area (Å²) in [4.78, 5) is 0. The van der Waals surface area contributed by atoms with E-state index in [9.17, 15) is 5.11 Å². The summed E-state index contributed by atoms with van der Waals surface area (Å²) in [6.45, 7) is 10.6. The van der Waals surface area contributed by atoms with Gasteiger partial charge in [0.15, 0.2) is 0 Å². The maximum absolute atomic E-state index is 9.51. The molecule has 0 saturated heterocycles. The molecule has 1 aliphatic carbocycles. The summed E-state index contributed by atoms with van der Waals surface area (Å²) in [5.74, 6) is 0. The SMILES string of the molecule is C=C1CCC(O)C/C1=C\C(C)(C)C. The molecule has 1 rings (SSSR count). The zero-order chi connectivity index (χ0) is 10.1. The summed E-state index contributed by atoms with van der Waals surface area (Å²) >= 11 is 0. The number of allylic oxidation sites excluding steroid dienone is 2. The zero-order valence-corrected chi connectivity index (χ0v) is 8.93. The van der Waals surface area contributed by atoms with Crippen LogP contribution in [0.4, 0.5) is 0 Å². The molecule has 1 nitrogen and oxygen atoms in total. The monoisotopic (exact) mass is 180 g/mol. The molecule has 1 heteroatoms. The van der Waals surface area contributed by atoms with Crippen molar-refractivity contribution >= 4 is 0 Å². The van der Waals surface area contributed by atoms with Crippen molar-refractivity contribution in [3.05, 3.63) is 23.8 Å². The van der Waals surface area contributed by atoms with Gasteiger partial charge in [-0.2, -0.15) is 0 Å². The Morgan fingerprint density at radius 1 is 1.46 bits per heavy atom. The van der Waals surface area contributed by atoms with Gasteiger partial charge < -0.3 is 5.11 Å². The standard InChI is InChI=1S/C12H20O/c1-9-5-6-11(13)7-10(9)8-12(2,3)4/h8,11,13H,1,5-7H2,2-4H3/b10-8+. The fraction of sp³-hybridized carbons (Fsp3) is 0.667. The van der Waals surface area contributed by atoms with Crippen LogP contribution in [0.1, 0.15) is 40.0 Å². The van der Waals surface area contributed by atoms with Gasteiger partial charge in [0.2, 0.25) is 0 Å². The van der Waals surface area contributed by atoms with Crippen molar-refractivity contribution in [1.82, 2.24) is 0 Å². The van der Waals surface area contributed by atoms with Gasteiger partial charge >= 0.3 is 0 Å². The third-order valence-electron chi connectivity index (χ3n) is 2.30. The minimum Gasteiger partial charge on any atom is -0.393 e. The number of aliphatic hydroxyl groups is 1. The van der Waals surface area contributed by atoms with Crippen molar-refractivity contribution in [2.24, 2.45) is 5.41 Å². The largest absolute Gasteiger partial charge is 0.393 e. The normalized spacial score (nSPS) is 28.2. The average molecular weight is 180 g/mol. The van der Waals surface area contributed by atoms with Crippen LogP contribution in [0.25, 0.3) is 0 Å². The second-order valence-electron chi connectivity index (χ2n) is 5.04. The molecule has 1 N–H and O–H groups in total. The van der Waals surface area contributed by atoms with E-state index in [0.717, 1.165) is 19.3 Å². The Morgan fingerprint density at radius 2 is 2.08 bits per heavy atom. The van der Waals surface area contributed by atoms with Crippen LogP contribution in [0.3, 0.4) is 0 Å². The molecule has 1 saturated carbocycles. The molecule has 0 radical (unpaired) electrons. The number of aliphatic hydroxyl groups excluding tert-OH is 1. The zero-order valence-electron chi connectivity index (χ0n) is 8.93. The highest BCUT2D eigenvalue weighted by molar-refractivity contribution is 5.32. The van der Waals surface area contributed by atoms with E-state index in [1.165, 1.54) is 11.1 Å². The smallest absolute Gasteiger partial charge is 0.0583 e. The van der Waals surface area contributed by atoms with Gasteiger partial charge in [0.1, 0.15) is 0 Å². The van der Waals surface area contributed by atoms with E-state index in [4.69, 9.17) is 0 Å². The van der Waals surface area contributed by atoms with Crippen molar-refractivity contribution in [3.8, 4) is 0 Å². The molecule has 0 spiro atoms. The van der Waals surface area contributed by atoms with Crippen molar-refractivity contribution in [2.75, 3.05) is 0 Å². The van der Waals surface area contributed by atoms with E-state index >= 15 is 0 Å². The van der Waals surface area contributed by atoms with Gasteiger partial charge in [-0.15, -0.1) is 0 Å².